The van der Waals surface area contributed by atoms with Crippen LogP contribution in [0.25, 0.3) is 0 Å². The minimum absolute atomic E-state index is 0.360. The largest absolute Gasteiger partial charge is 0.367 e. The summed E-state index contributed by atoms with van der Waals surface area (Å²) in [7, 11) is 0. The van der Waals surface area contributed by atoms with Crippen LogP contribution in [0.3, 0.4) is 0 Å². The van der Waals surface area contributed by atoms with E-state index in [0.717, 1.165) is 43.6 Å². The number of aryl methyl sites for hydroxylation is 1. The molecular weight excluding hydrogens is 264 g/mol. The molecule has 1 aliphatic rings. The zero-order valence-corrected chi connectivity index (χ0v) is 13.7. The van der Waals surface area contributed by atoms with Crippen molar-refractivity contribution in [3.8, 4) is 0 Å². The normalized spacial score (nSPS) is 20.2. The van der Waals surface area contributed by atoms with Gasteiger partial charge < -0.3 is 10.2 Å². The first-order valence-corrected chi connectivity index (χ1v) is 7.94. The number of hydrogen-bond acceptors (Lipinski definition) is 5. The standard InChI is InChI=1S/C16H28N4O/c1-5-12-11-13(20-17)19-14(18-12)16(21-6-2)9-7-15(3,4)8-10-16/h11H,5-10,17H2,1-4H3,(H,18,19,20). The minimum Gasteiger partial charge on any atom is -0.367 e. The first kappa shape index (κ1) is 16.2. The second-order valence-electron chi connectivity index (χ2n) is 6.66. The van der Waals surface area contributed by atoms with Crippen molar-refractivity contribution >= 4 is 5.82 Å². The van der Waals surface area contributed by atoms with E-state index in [1.807, 2.05) is 13.0 Å². The van der Waals surface area contributed by atoms with Crippen LogP contribution in [0.1, 0.15) is 64.9 Å². The Hall–Kier alpha value is -1.20. The smallest absolute Gasteiger partial charge is 0.162 e. The number of ether oxygens (including phenoxy) is 1. The molecule has 118 valence electrons. The zero-order chi connectivity index (χ0) is 15.5. The third-order valence-electron chi connectivity index (χ3n) is 4.53. The number of nitrogen functional groups attached to an aromatic ring is 1. The number of anilines is 1. The van der Waals surface area contributed by atoms with Crippen LogP contribution < -0.4 is 11.3 Å². The summed E-state index contributed by atoms with van der Waals surface area (Å²) in [5.74, 6) is 7.00. The lowest BCUT2D eigenvalue weighted by Gasteiger charge is -2.42. The molecule has 1 aromatic heterocycles. The summed E-state index contributed by atoms with van der Waals surface area (Å²) in [5.41, 5.74) is 3.66. The van der Waals surface area contributed by atoms with E-state index in [-0.39, 0.29) is 5.60 Å². The first-order valence-electron chi connectivity index (χ1n) is 7.94. The average Bonchev–Trinajstić information content (AvgIpc) is 2.49. The third-order valence-corrected chi connectivity index (χ3v) is 4.53. The molecule has 1 aliphatic carbocycles. The molecule has 5 heteroatoms. The Morgan fingerprint density at radius 2 is 1.86 bits per heavy atom. The molecule has 0 amide bonds. The summed E-state index contributed by atoms with van der Waals surface area (Å²) in [4.78, 5) is 9.32. The number of nitrogens with zero attached hydrogens (tertiary/aromatic N) is 2. The average molecular weight is 292 g/mol. The summed E-state index contributed by atoms with van der Waals surface area (Å²) >= 11 is 0. The van der Waals surface area contributed by atoms with Crippen LogP contribution in [-0.2, 0) is 16.8 Å². The van der Waals surface area contributed by atoms with Gasteiger partial charge in [-0.15, -0.1) is 0 Å². The van der Waals surface area contributed by atoms with E-state index in [1.165, 1.54) is 0 Å². The highest BCUT2D eigenvalue weighted by atomic mass is 16.5. The van der Waals surface area contributed by atoms with Gasteiger partial charge in [-0.05, 0) is 44.4 Å². The van der Waals surface area contributed by atoms with E-state index in [9.17, 15) is 0 Å². The molecule has 1 saturated carbocycles. The number of hydrogen-bond donors (Lipinski definition) is 2. The Labute approximate surface area is 127 Å². The molecule has 0 unspecified atom stereocenters. The molecule has 2 rings (SSSR count). The Bertz CT molecular complexity index is 455. The maximum atomic E-state index is 6.16. The van der Waals surface area contributed by atoms with Gasteiger partial charge in [-0.1, -0.05) is 20.8 Å². The number of nitrogens with two attached hydrogens (primary N) is 1. The zero-order valence-electron chi connectivity index (χ0n) is 13.7. The maximum Gasteiger partial charge on any atom is 0.162 e. The van der Waals surface area contributed by atoms with Gasteiger partial charge in [-0.25, -0.2) is 15.8 Å². The topological polar surface area (TPSA) is 73.1 Å². The fraction of sp³-hybridized carbons (Fsp3) is 0.750. The lowest BCUT2D eigenvalue weighted by molar-refractivity contribution is -0.0948. The second kappa shape index (κ2) is 6.28. The summed E-state index contributed by atoms with van der Waals surface area (Å²) in [6, 6.07) is 1.90. The number of rotatable bonds is 5. The molecule has 0 bridgehead atoms. The predicted octanol–water partition coefficient (Wildman–Crippen LogP) is 3.16. The van der Waals surface area contributed by atoms with Crippen molar-refractivity contribution in [1.29, 1.82) is 0 Å². The molecule has 0 atom stereocenters. The number of hydrazine groups is 1. The Balaban J connectivity index is 2.38. The van der Waals surface area contributed by atoms with Gasteiger partial charge in [0.2, 0.25) is 0 Å². The van der Waals surface area contributed by atoms with Gasteiger partial charge >= 0.3 is 0 Å². The Morgan fingerprint density at radius 3 is 2.38 bits per heavy atom. The van der Waals surface area contributed by atoms with Crippen LogP contribution in [0.4, 0.5) is 5.82 Å². The monoisotopic (exact) mass is 292 g/mol. The summed E-state index contributed by atoms with van der Waals surface area (Å²) in [6.45, 7) is 9.43. The minimum atomic E-state index is -0.360. The van der Waals surface area contributed by atoms with Gasteiger partial charge in [0.25, 0.3) is 0 Å². The van der Waals surface area contributed by atoms with E-state index in [0.29, 0.717) is 17.8 Å². The molecule has 3 N–H and O–H groups in total. The van der Waals surface area contributed by atoms with Crippen LogP contribution in [-0.4, -0.2) is 16.6 Å². The van der Waals surface area contributed by atoms with Crippen molar-refractivity contribution in [3.63, 3.8) is 0 Å². The summed E-state index contributed by atoms with van der Waals surface area (Å²) in [5, 5.41) is 0. The molecule has 1 aromatic rings. The molecular formula is C16H28N4O. The molecule has 0 radical (unpaired) electrons. The Kier molecular flexibility index (Phi) is 4.84. The third kappa shape index (κ3) is 3.52. The molecule has 0 aliphatic heterocycles. The van der Waals surface area contributed by atoms with Crippen molar-refractivity contribution in [1.82, 2.24) is 9.97 Å². The van der Waals surface area contributed by atoms with Crippen molar-refractivity contribution in [2.45, 2.75) is 65.4 Å². The number of aromatic nitrogens is 2. The Morgan fingerprint density at radius 1 is 1.19 bits per heavy atom. The van der Waals surface area contributed by atoms with Crippen LogP contribution in [0.15, 0.2) is 6.07 Å². The SMILES string of the molecule is CCOC1(c2nc(CC)cc(NN)n2)CCC(C)(C)CC1. The van der Waals surface area contributed by atoms with Crippen molar-refractivity contribution in [2.24, 2.45) is 11.3 Å². The second-order valence-corrected chi connectivity index (χ2v) is 6.66. The molecule has 1 heterocycles. The van der Waals surface area contributed by atoms with Crippen LogP contribution in [0.2, 0.25) is 0 Å². The van der Waals surface area contributed by atoms with Gasteiger partial charge in [-0.3, -0.25) is 0 Å². The van der Waals surface area contributed by atoms with Gasteiger partial charge in [0.15, 0.2) is 5.82 Å². The lowest BCUT2D eigenvalue weighted by atomic mass is 9.70. The van der Waals surface area contributed by atoms with Crippen molar-refractivity contribution in [2.75, 3.05) is 12.0 Å². The van der Waals surface area contributed by atoms with Gasteiger partial charge in [0.05, 0.1) is 0 Å². The summed E-state index contributed by atoms with van der Waals surface area (Å²) < 4.78 is 6.16. The van der Waals surface area contributed by atoms with Crippen LogP contribution in [0.5, 0.6) is 0 Å². The van der Waals surface area contributed by atoms with Crippen molar-refractivity contribution in [3.05, 3.63) is 17.6 Å². The van der Waals surface area contributed by atoms with Crippen LogP contribution >= 0.6 is 0 Å². The fourth-order valence-electron chi connectivity index (χ4n) is 3.00. The molecule has 21 heavy (non-hydrogen) atoms. The highest BCUT2D eigenvalue weighted by molar-refractivity contribution is 5.35. The maximum absolute atomic E-state index is 6.16. The molecule has 0 saturated heterocycles. The fourth-order valence-corrected chi connectivity index (χ4v) is 3.00. The van der Waals surface area contributed by atoms with E-state index in [4.69, 9.17) is 15.6 Å². The van der Waals surface area contributed by atoms with Crippen molar-refractivity contribution < 1.29 is 4.74 Å². The molecule has 5 nitrogen and oxygen atoms in total. The highest BCUT2D eigenvalue weighted by Crippen LogP contribution is 2.46. The summed E-state index contributed by atoms with van der Waals surface area (Å²) in [6.07, 6.45) is 5.03. The molecule has 1 fully saturated rings. The van der Waals surface area contributed by atoms with Crippen LogP contribution in [0, 0.1) is 5.41 Å². The highest BCUT2D eigenvalue weighted by Gasteiger charge is 2.42. The number of nitrogens with one attached hydrogen (secondary N) is 1. The van der Waals surface area contributed by atoms with Gasteiger partial charge in [0.1, 0.15) is 11.4 Å². The predicted molar refractivity (Wildman–Crippen MR) is 84.8 cm³/mol. The lowest BCUT2D eigenvalue weighted by Crippen LogP contribution is -2.39. The molecule has 0 spiro atoms. The van der Waals surface area contributed by atoms with E-state index in [1.54, 1.807) is 0 Å². The van der Waals surface area contributed by atoms with E-state index in [2.05, 4.69) is 31.2 Å². The van der Waals surface area contributed by atoms with E-state index >= 15 is 0 Å². The van der Waals surface area contributed by atoms with Gasteiger partial charge in [-0.2, -0.15) is 0 Å². The van der Waals surface area contributed by atoms with Gasteiger partial charge in [0, 0.05) is 18.4 Å². The molecule has 0 aromatic carbocycles. The van der Waals surface area contributed by atoms with E-state index < -0.39 is 0 Å². The quantitative estimate of drug-likeness (QED) is 0.644. The first-order chi connectivity index (χ1) is 9.94.